The van der Waals surface area contributed by atoms with Gasteiger partial charge in [-0.2, -0.15) is 4.37 Å². The van der Waals surface area contributed by atoms with E-state index in [2.05, 4.69) is 20.0 Å². The molecule has 0 aliphatic heterocycles. The van der Waals surface area contributed by atoms with Gasteiger partial charge in [-0.3, -0.25) is 14.6 Å². The number of benzene rings is 1. The van der Waals surface area contributed by atoms with Gasteiger partial charge in [-0.05, 0) is 36.2 Å². The first-order chi connectivity index (χ1) is 13.1. The molecule has 1 aromatic carbocycles. The minimum atomic E-state index is -0.280. The normalized spacial score (nSPS) is 11.6. The first-order valence-electron chi connectivity index (χ1n) is 8.67. The van der Waals surface area contributed by atoms with Gasteiger partial charge in [0, 0.05) is 12.6 Å². The van der Waals surface area contributed by atoms with Gasteiger partial charge in [0.1, 0.15) is 10.6 Å². The lowest BCUT2D eigenvalue weighted by Crippen LogP contribution is -2.27. The Bertz CT molecular complexity index is 926. The maximum absolute atomic E-state index is 12.9. The molecule has 0 radical (unpaired) electrons. The number of carbonyl (C=O) groups is 2. The second kappa shape index (κ2) is 8.55. The lowest BCUT2D eigenvalue weighted by Gasteiger charge is -2.14. The molecule has 6 nitrogen and oxygen atoms in total. The Hall–Kier alpha value is -3.06. The molecule has 0 saturated heterocycles. The molecule has 0 saturated carbocycles. The van der Waals surface area contributed by atoms with Crippen LogP contribution in [0, 0.1) is 0 Å². The van der Waals surface area contributed by atoms with E-state index in [0.717, 1.165) is 17.1 Å². The van der Waals surface area contributed by atoms with E-state index in [1.807, 2.05) is 43.3 Å². The Balaban J connectivity index is 1.91. The topological polar surface area (TPSA) is 84.0 Å². The minimum Gasteiger partial charge on any atom is -0.345 e. The number of hydrogen-bond donors (Lipinski definition) is 2. The van der Waals surface area contributed by atoms with Crippen LogP contribution in [-0.4, -0.2) is 21.2 Å². The van der Waals surface area contributed by atoms with Gasteiger partial charge in [0.15, 0.2) is 0 Å². The average Bonchev–Trinajstić information content (AvgIpc) is 3.12. The van der Waals surface area contributed by atoms with Crippen molar-refractivity contribution in [2.75, 3.05) is 5.32 Å². The Morgan fingerprint density at radius 1 is 1.11 bits per heavy atom. The summed E-state index contributed by atoms with van der Waals surface area (Å²) in [5, 5.41) is 5.78. The fourth-order valence-corrected chi connectivity index (χ4v) is 3.30. The molecule has 0 aliphatic rings. The SMILES string of the molecule is CCC(=O)Nc1c(-c2ccccn2)nsc1C(=O)N[C@@H](C)c1ccccc1. The van der Waals surface area contributed by atoms with Crippen molar-refractivity contribution >= 4 is 29.0 Å². The van der Waals surface area contributed by atoms with Crippen molar-refractivity contribution in [3.63, 3.8) is 0 Å². The first-order valence-corrected chi connectivity index (χ1v) is 9.44. The first kappa shape index (κ1) is 18.7. The largest absolute Gasteiger partial charge is 0.345 e. The molecular formula is C20H20N4O2S. The molecular weight excluding hydrogens is 360 g/mol. The Morgan fingerprint density at radius 3 is 2.52 bits per heavy atom. The van der Waals surface area contributed by atoms with Gasteiger partial charge in [0.2, 0.25) is 5.91 Å². The van der Waals surface area contributed by atoms with Crippen molar-refractivity contribution in [2.45, 2.75) is 26.3 Å². The van der Waals surface area contributed by atoms with E-state index in [1.54, 1.807) is 25.3 Å². The van der Waals surface area contributed by atoms with Gasteiger partial charge >= 0.3 is 0 Å². The average molecular weight is 380 g/mol. The van der Waals surface area contributed by atoms with Gasteiger partial charge in [-0.1, -0.05) is 43.3 Å². The third-order valence-corrected chi connectivity index (χ3v) is 4.88. The van der Waals surface area contributed by atoms with Crippen molar-refractivity contribution in [3.8, 4) is 11.4 Å². The molecule has 2 heterocycles. The summed E-state index contributed by atoms with van der Waals surface area (Å²) in [5.41, 5.74) is 2.51. The van der Waals surface area contributed by atoms with E-state index < -0.39 is 0 Å². The lowest BCUT2D eigenvalue weighted by molar-refractivity contribution is -0.115. The Kier molecular flexibility index (Phi) is 5.93. The number of pyridine rings is 1. The van der Waals surface area contributed by atoms with Gasteiger partial charge in [0.25, 0.3) is 5.91 Å². The fourth-order valence-electron chi connectivity index (χ4n) is 2.55. The summed E-state index contributed by atoms with van der Waals surface area (Å²) in [4.78, 5) is 29.5. The van der Waals surface area contributed by atoms with Crippen molar-refractivity contribution in [2.24, 2.45) is 0 Å². The van der Waals surface area contributed by atoms with Crippen LogP contribution in [0.3, 0.4) is 0 Å². The number of hydrogen-bond acceptors (Lipinski definition) is 5. The Labute approximate surface area is 161 Å². The maximum atomic E-state index is 12.9. The molecule has 0 spiro atoms. The number of amides is 2. The number of anilines is 1. The van der Waals surface area contributed by atoms with Gasteiger partial charge in [-0.15, -0.1) is 0 Å². The summed E-state index contributed by atoms with van der Waals surface area (Å²) in [6.45, 7) is 3.67. The molecule has 0 fully saturated rings. The van der Waals surface area contributed by atoms with Crippen LogP contribution < -0.4 is 10.6 Å². The zero-order valence-electron chi connectivity index (χ0n) is 15.1. The van der Waals surface area contributed by atoms with Gasteiger partial charge in [0.05, 0.1) is 17.4 Å². The highest BCUT2D eigenvalue weighted by molar-refractivity contribution is 7.09. The van der Waals surface area contributed by atoms with E-state index in [0.29, 0.717) is 28.4 Å². The molecule has 2 N–H and O–H groups in total. The monoisotopic (exact) mass is 380 g/mol. The van der Waals surface area contributed by atoms with E-state index >= 15 is 0 Å². The smallest absolute Gasteiger partial charge is 0.265 e. The summed E-state index contributed by atoms with van der Waals surface area (Å²) in [7, 11) is 0. The highest BCUT2D eigenvalue weighted by Crippen LogP contribution is 2.32. The molecule has 3 rings (SSSR count). The third kappa shape index (κ3) is 4.38. The van der Waals surface area contributed by atoms with Crippen molar-refractivity contribution in [3.05, 3.63) is 65.2 Å². The zero-order valence-corrected chi connectivity index (χ0v) is 15.9. The zero-order chi connectivity index (χ0) is 19.2. The van der Waals surface area contributed by atoms with Gasteiger partial charge < -0.3 is 10.6 Å². The molecule has 2 amide bonds. The van der Waals surface area contributed by atoms with E-state index in [-0.39, 0.29) is 17.9 Å². The molecule has 0 unspecified atom stereocenters. The van der Waals surface area contributed by atoms with Crippen LogP contribution in [0.2, 0.25) is 0 Å². The van der Waals surface area contributed by atoms with Crippen molar-refractivity contribution in [1.29, 1.82) is 0 Å². The number of carbonyl (C=O) groups excluding carboxylic acids is 2. The molecule has 7 heteroatoms. The van der Waals surface area contributed by atoms with Crippen LogP contribution in [0.1, 0.15) is 41.5 Å². The fraction of sp³-hybridized carbons (Fsp3) is 0.200. The maximum Gasteiger partial charge on any atom is 0.265 e. The molecule has 0 bridgehead atoms. The summed E-state index contributed by atoms with van der Waals surface area (Å²) in [6, 6.07) is 15.0. The van der Waals surface area contributed by atoms with Crippen molar-refractivity contribution < 1.29 is 9.59 Å². The Morgan fingerprint density at radius 2 is 1.85 bits per heavy atom. The van der Waals surface area contributed by atoms with Crippen molar-refractivity contribution in [1.82, 2.24) is 14.7 Å². The molecule has 0 aliphatic carbocycles. The van der Waals surface area contributed by atoms with Crippen LogP contribution >= 0.6 is 11.5 Å². The molecule has 27 heavy (non-hydrogen) atoms. The molecule has 1 atom stereocenters. The second-order valence-electron chi connectivity index (χ2n) is 5.96. The number of rotatable bonds is 6. The summed E-state index contributed by atoms with van der Waals surface area (Å²) < 4.78 is 4.38. The van der Waals surface area contributed by atoms with E-state index in [1.165, 1.54) is 0 Å². The third-order valence-electron chi connectivity index (χ3n) is 4.04. The summed E-state index contributed by atoms with van der Waals surface area (Å²) >= 11 is 1.05. The summed E-state index contributed by atoms with van der Waals surface area (Å²) in [6.07, 6.45) is 1.95. The highest BCUT2D eigenvalue weighted by atomic mass is 32.1. The predicted octanol–water partition coefficient (Wildman–Crippen LogP) is 4.04. The standard InChI is InChI=1S/C20H20N4O2S/c1-3-16(25)23-18-17(15-11-7-8-12-21-15)24-27-19(18)20(26)22-13(2)14-9-5-4-6-10-14/h4-13H,3H2,1-2H3,(H,22,26)(H,23,25)/t13-/m0/s1. The highest BCUT2D eigenvalue weighted by Gasteiger charge is 2.24. The lowest BCUT2D eigenvalue weighted by atomic mass is 10.1. The van der Waals surface area contributed by atoms with E-state index in [9.17, 15) is 9.59 Å². The quantitative estimate of drug-likeness (QED) is 0.676. The van der Waals surface area contributed by atoms with Crippen LogP contribution in [0.5, 0.6) is 0 Å². The minimum absolute atomic E-state index is 0.172. The number of aromatic nitrogens is 2. The van der Waals surface area contributed by atoms with Gasteiger partial charge in [-0.25, -0.2) is 0 Å². The van der Waals surface area contributed by atoms with E-state index in [4.69, 9.17) is 0 Å². The van der Waals surface area contributed by atoms with Crippen LogP contribution in [0.4, 0.5) is 5.69 Å². The number of nitrogens with one attached hydrogen (secondary N) is 2. The van der Waals surface area contributed by atoms with Crippen LogP contribution in [0.25, 0.3) is 11.4 Å². The summed E-state index contributed by atoms with van der Waals surface area (Å²) in [5.74, 6) is -0.463. The predicted molar refractivity (Wildman–Crippen MR) is 107 cm³/mol. The van der Waals surface area contributed by atoms with Crippen LogP contribution in [-0.2, 0) is 4.79 Å². The molecule has 138 valence electrons. The number of nitrogens with zero attached hydrogens (tertiary/aromatic N) is 2. The molecule has 3 aromatic rings. The molecule has 2 aromatic heterocycles. The second-order valence-corrected chi connectivity index (χ2v) is 6.73. The van der Waals surface area contributed by atoms with Crippen LogP contribution in [0.15, 0.2) is 54.7 Å².